The summed E-state index contributed by atoms with van der Waals surface area (Å²) in [5.74, 6) is 2.00. The lowest BCUT2D eigenvalue weighted by molar-refractivity contribution is 0.240. The molecule has 1 rings (SSSR count). The second-order valence-corrected chi connectivity index (χ2v) is 4.68. The average Bonchev–Trinajstić information content (AvgIpc) is 2.38. The highest BCUT2D eigenvalue weighted by Gasteiger charge is 2.13. The first-order valence-corrected chi connectivity index (χ1v) is 6.18. The molecule has 18 heavy (non-hydrogen) atoms. The first-order chi connectivity index (χ1) is 8.60. The van der Waals surface area contributed by atoms with E-state index in [0.717, 1.165) is 23.6 Å². The van der Waals surface area contributed by atoms with Gasteiger partial charge in [0.2, 0.25) is 0 Å². The van der Waals surface area contributed by atoms with Crippen molar-refractivity contribution in [3.63, 3.8) is 0 Å². The van der Waals surface area contributed by atoms with E-state index in [2.05, 4.69) is 19.2 Å². The predicted octanol–water partition coefficient (Wildman–Crippen LogP) is 1.98. The molecule has 0 spiro atoms. The molecule has 0 aromatic heterocycles. The van der Waals surface area contributed by atoms with Crippen LogP contribution in [0.2, 0.25) is 0 Å². The number of benzene rings is 1. The average molecular weight is 253 g/mol. The van der Waals surface area contributed by atoms with Crippen molar-refractivity contribution in [2.45, 2.75) is 19.9 Å². The maximum Gasteiger partial charge on any atom is 0.122 e. The normalized spacial score (nSPS) is 12.6. The van der Waals surface area contributed by atoms with E-state index in [4.69, 9.17) is 9.47 Å². The molecule has 4 heteroatoms. The topological polar surface area (TPSA) is 50.7 Å². The largest absolute Gasteiger partial charge is 0.497 e. The number of hydrogen-bond acceptors (Lipinski definition) is 4. The minimum Gasteiger partial charge on any atom is -0.497 e. The minimum atomic E-state index is -0.101. The summed E-state index contributed by atoms with van der Waals surface area (Å²) in [6, 6.07) is 5.55. The number of aliphatic hydroxyl groups excluding tert-OH is 1. The minimum absolute atomic E-state index is 0.0447. The summed E-state index contributed by atoms with van der Waals surface area (Å²) in [6.07, 6.45) is 0. The number of aliphatic hydroxyl groups is 1. The third-order valence-corrected chi connectivity index (χ3v) is 2.73. The Morgan fingerprint density at radius 2 is 1.67 bits per heavy atom. The van der Waals surface area contributed by atoms with Gasteiger partial charge < -0.3 is 19.9 Å². The van der Waals surface area contributed by atoms with Crippen LogP contribution in [0.3, 0.4) is 0 Å². The van der Waals surface area contributed by atoms with Crippen LogP contribution in [0.25, 0.3) is 0 Å². The second kappa shape index (κ2) is 7.24. The molecular formula is C14H23NO3. The zero-order valence-electron chi connectivity index (χ0n) is 11.6. The maximum absolute atomic E-state index is 9.48. The van der Waals surface area contributed by atoms with Gasteiger partial charge in [-0.05, 0) is 30.2 Å². The number of nitrogens with one attached hydrogen (secondary N) is 1. The molecule has 0 saturated heterocycles. The van der Waals surface area contributed by atoms with E-state index >= 15 is 0 Å². The summed E-state index contributed by atoms with van der Waals surface area (Å²) < 4.78 is 10.5. The van der Waals surface area contributed by atoms with Crippen molar-refractivity contribution in [3.05, 3.63) is 23.8 Å². The molecule has 4 nitrogen and oxygen atoms in total. The molecule has 0 aliphatic heterocycles. The molecule has 0 aliphatic rings. The standard InChI is InChI=1S/C14H23NO3/c1-10(2)8-15-14(9-16)11-5-12(17-3)7-13(6-11)18-4/h5-7,10,14-16H,8-9H2,1-4H3. The quantitative estimate of drug-likeness (QED) is 0.780. The molecule has 0 radical (unpaired) electrons. The van der Waals surface area contributed by atoms with Crippen LogP contribution < -0.4 is 14.8 Å². The molecule has 1 atom stereocenters. The van der Waals surface area contributed by atoms with Gasteiger partial charge in [0.15, 0.2) is 0 Å². The van der Waals surface area contributed by atoms with Gasteiger partial charge in [-0.1, -0.05) is 13.8 Å². The van der Waals surface area contributed by atoms with Crippen LogP contribution in [0.1, 0.15) is 25.5 Å². The Kier molecular flexibility index (Phi) is 5.95. The van der Waals surface area contributed by atoms with Gasteiger partial charge in [-0.3, -0.25) is 0 Å². The zero-order valence-corrected chi connectivity index (χ0v) is 11.6. The molecule has 0 heterocycles. The van der Waals surface area contributed by atoms with Gasteiger partial charge in [0.25, 0.3) is 0 Å². The van der Waals surface area contributed by atoms with E-state index in [1.807, 2.05) is 18.2 Å². The molecule has 0 bridgehead atoms. The zero-order chi connectivity index (χ0) is 13.5. The van der Waals surface area contributed by atoms with Crippen LogP contribution in [0.15, 0.2) is 18.2 Å². The first-order valence-electron chi connectivity index (χ1n) is 6.18. The molecule has 1 aromatic carbocycles. The number of rotatable bonds is 7. The van der Waals surface area contributed by atoms with E-state index in [-0.39, 0.29) is 12.6 Å². The Morgan fingerprint density at radius 1 is 1.11 bits per heavy atom. The lowest BCUT2D eigenvalue weighted by atomic mass is 10.1. The summed E-state index contributed by atoms with van der Waals surface area (Å²) in [4.78, 5) is 0. The lowest BCUT2D eigenvalue weighted by Crippen LogP contribution is -2.28. The number of hydrogen-bond donors (Lipinski definition) is 2. The summed E-state index contributed by atoms with van der Waals surface area (Å²) in [7, 11) is 3.24. The lowest BCUT2D eigenvalue weighted by Gasteiger charge is -2.19. The van der Waals surface area contributed by atoms with E-state index in [1.54, 1.807) is 14.2 Å². The highest BCUT2D eigenvalue weighted by Crippen LogP contribution is 2.26. The van der Waals surface area contributed by atoms with Crippen LogP contribution in [0.4, 0.5) is 0 Å². The molecule has 2 N–H and O–H groups in total. The Labute approximate surface area is 109 Å². The summed E-state index contributed by atoms with van der Waals surface area (Å²) in [5.41, 5.74) is 0.967. The summed E-state index contributed by atoms with van der Waals surface area (Å²) in [6.45, 7) is 5.16. The van der Waals surface area contributed by atoms with Crippen LogP contribution in [-0.4, -0.2) is 32.5 Å². The molecular weight excluding hydrogens is 230 g/mol. The van der Waals surface area contributed by atoms with E-state index in [9.17, 15) is 5.11 Å². The molecule has 0 saturated carbocycles. The van der Waals surface area contributed by atoms with Gasteiger partial charge in [-0.15, -0.1) is 0 Å². The highest BCUT2D eigenvalue weighted by atomic mass is 16.5. The van der Waals surface area contributed by atoms with Gasteiger partial charge in [0.05, 0.1) is 26.9 Å². The van der Waals surface area contributed by atoms with Crippen LogP contribution in [0.5, 0.6) is 11.5 Å². The van der Waals surface area contributed by atoms with Crippen molar-refractivity contribution >= 4 is 0 Å². The van der Waals surface area contributed by atoms with Crippen molar-refractivity contribution < 1.29 is 14.6 Å². The highest BCUT2D eigenvalue weighted by molar-refractivity contribution is 5.39. The predicted molar refractivity (Wildman–Crippen MR) is 72.2 cm³/mol. The monoisotopic (exact) mass is 253 g/mol. The smallest absolute Gasteiger partial charge is 0.122 e. The van der Waals surface area contributed by atoms with E-state index in [1.165, 1.54) is 0 Å². The molecule has 102 valence electrons. The third-order valence-electron chi connectivity index (χ3n) is 2.73. The number of ether oxygens (including phenoxy) is 2. The fourth-order valence-electron chi connectivity index (χ4n) is 1.70. The Balaban J connectivity index is 2.89. The van der Waals surface area contributed by atoms with Crippen molar-refractivity contribution in [3.8, 4) is 11.5 Å². The van der Waals surface area contributed by atoms with E-state index < -0.39 is 0 Å². The van der Waals surface area contributed by atoms with Gasteiger partial charge in [-0.25, -0.2) is 0 Å². The molecule has 1 unspecified atom stereocenters. The molecule has 1 aromatic rings. The first kappa shape index (κ1) is 14.8. The Hall–Kier alpha value is -1.26. The van der Waals surface area contributed by atoms with Crippen LogP contribution >= 0.6 is 0 Å². The van der Waals surface area contributed by atoms with Gasteiger partial charge in [0.1, 0.15) is 11.5 Å². The third kappa shape index (κ3) is 4.20. The van der Waals surface area contributed by atoms with Gasteiger partial charge in [-0.2, -0.15) is 0 Å². The molecule has 0 amide bonds. The Morgan fingerprint density at radius 3 is 2.06 bits per heavy atom. The van der Waals surface area contributed by atoms with Crippen molar-refractivity contribution in [2.24, 2.45) is 5.92 Å². The second-order valence-electron chi connectivity index (χ2n) is 4.68. The molecule has 0 fully saturated rings. The molecule has 0 aliphatic carbocycles. The van der Waals surface area contributed by atoms with Gasteiger partial charge >= 0.3 is 0 Å². The van der Waals surface area contributed by atoms with Crippen LogP contribution in [0, 0.1) is 5.92 Å². The number of methoxy groups -OCH3 is 2. The Bertz CT molecular complexity index is 344. The van der Waals surface area contributed by atoms with Crippen molar-refractivity contribution in [1.29, 1.82) is 0 Å². The summed E-state index contributed by atoms with van der Waals surface area (Å²) in [5, 5.41) is 12.8. The van der Waals surface area contributed by atoms with Crippen molar-refractivity contribution in [1.82, 2.24) is 5.32 Å². The van der Waals surface area contributed by atoms with E-state index in [0.29, 0.717) is 5.92 Å². The van der Waals surface area contributed by atoms with Crippen molar-refractivity contribution in [2.75, 3.05) is 27.4 Å². The summed E-state index contributed by atoms with van der Waals surface area (Å²) >= 11 is 0. The van der Waals surface area contributed by atoms with Gasteiger partial charge in [0, 0.05) is 6.07 Å². The van der Waals surface area contributed by atoms with Crippen LogP contribution in [-0.2, 0) is 0 Å². The SMILES string of the molecule is COc1cc(OC)cc(C(CO)NCC(C)C)c1. The fourth-order valence-corrected chi connectivity index (χ4v) is 1.70. The maximum atomic E-state index is 9.48. The fraction of sp³-hybridized carbons (Fsp3) is 0.571.